The molecule has 1 saturated carbocycles. The predicted octanol–water partition coefficient (Wildman–Crippen LogP) is 2.12. The van der Waals surface area contributed by atoms with Crippen LogP contribution in [0.3, 0.4) is 0 Å². The van der Waals surface area contributed by atoms with Gasteiger partial charge in [0.1, 0.15) is 5.75 Å². The zero-order valence-electron chi connectivity index (χ0n) is 12.9. The van der Waals surface area contributed by atoms with Gasteiger partial charge >= 0.3 is 5.97 Å². The van der Waals surface area contributed by atoms with Crippen molar-refractivity contribution in [3.8, 4) is 5.75 Å². The molecule has 22 heavy (non-hydrogen) atoms. The minimum absolute atomic E-state index is 0.0109. The molecule has 0 radical (unpaired) electrons. The SMILES string of the molecule is COc1cccc([C@@H]2C[C@H]2C(=O)N2CC[C@@](C)(C(=O)O)C2)c1. The molecule has 1 aromatic carbocycles. The number of aliphatic carboxylic acids is 1. The highest BCUT2D eigenvalue weighted by molar-refractivity contribution is 5.85. The lowest BCUT2D eigenvalue weighted by atomic mass is 9.90. The molecule has 1 saturated heterocycles. The second-order valence-corrected chi connectivity index (χ2v) is 6.60. The highest BCUT2D eigenvalue weighted by Crippen LogP contribution is 2.49. The number of hydrogen-bond donors (Lipinski definition) is 1. The normalized spacial score (nSPS) is 30.2. The standard InChI is InChI=1S/C17H21NO4/c1-17(16(20)21)6-7-18(10-17)15(19)14-9-13(14)11-4-3-5-12(8-11)22-2/h3-5,8,13-14H,6-7,9-10H2,1-2H3,(H,20,21)/t13-,14+,17+/m0/s1. The third kappa shape index (κ3) is 2.56. The number of carbonyl (C=O) groups excluding carboxylic acids is 1. The van der Waals surface area contributed by atoms with Gasteiger partial charge in [0, 0.05) is 19.0 Å². The molecule has 0 unspecified atom stereocenters. The quantitative estimate of drug-likeness (QED) is 0.925. The van der Waals surface area contributed by atoms with Gasteiger partial charge in [0.2, 0.25) is 5.91 Å². The zero-order chi connectivity index (χ0) is 15.9. The Morgan fingerprint density at radius 1 is 1.41 bits per heavy atom. The second kappa shape index (κ2) is 5.30. The van der Waals surface area contributed by atoms with E-state index in [1.54, 1.807) is 18.9 Å². The van der Waals surface area contributed by atoms with Gasteiger partial charge < -0.3 is 14.7 Å². The molecular weight excluding hydrogens is 282 g/mol. The number of nitrogens with zero attached hydrogens (tertiary/aromatic N) is 1. The Bertz CT molecular complexity index is 614. The van der Waals surface area contributed by atoms with Gasteiger partial charge in [0.25, 0.3) is 0 Å². The summed E-state index contributed by atoms with van der Waals surface area (Å²) >= 11 is 0. The highest BCUT2D eigenvalue weighted by Gasteiger charge is 2.49. The van der Waals surface area contributed by atoms with E-state index in [2.05, 4.69) is 0 Å². The number of ether oxygens (including phenoxy) is 1. The average Bonchev–Trinajstić information content (AvgIpc) is 3.22. The summed E-state index contributed by atoms with van der Waals surface area (Å²) in [6.45, 7) is 2.58. The van der Waals surface area contributed by atoms with Crippen molar-refractivity contribution in [1.29, 1.82) is 0 Å². The van der Waals surface area contributed by atoms with E-state index >= 15 is 0 Å². The van der Waals surface area contributed by atoms with Gasteiger partial charge in [0.05, 0.1) is 12.5 Å². The Labute approximate surface area is 129 Å². The summed E-state index contributed by atoms with van der Waals surface area (Å²) in [5, 5.41) is 9.26. The Morgan fingerprint density at radius 3 is 2.82 bits per heavy atom. The molecule has 0 aromatic heterocycles. The van der Waals surface area contributed by atoms with Crippen molar-refractivity contribution >= 4 is 11.9 Å². The maximum absolute atomic E-state index is 12.6. The van der Waals surface area contributed by atoms with Crippen molar-refractivity contribution in [3.63, 3.8) is 0 Å². The van der Waals surface area contributed by atoms with Crippen molar-refractivity contribution in [2.45, 2.75) is 25.7 Å². The van der Waals surface area contributed by atoms with Gasteiger partial charge in [-0.05, 0) is 43.4 Å². The lowest BCUT2D eigenvalue weighted by Crippen LogP contribution is -2.35. The van der Waals surface area contributed by atoms with Crippen molar-refractivity contribution in [3.05, 3.63) is 29.8 Å². The van der Waals surface area contributed by atoms with Crippen LogP contribution in [0.2, 0.25) is 0 Å². The molecule has 1 heterocycles. The van der Waals surface area contributed by atoms with Crippen LogP contribution in [0.15, 0.2) is 24.3 Å². The Hall–Kier alpha value is -2.04. The van der Waals surface area contributed by atoms with Crippen LogP contribution in [0.25, 0.3) is 0 Å². The van der Waals surface area contributed by atoms with Crippen LogP contribution in [0.4, 0.5) is 0 Å². The van der Waals surface area contributed by atoms with Crippen LogP contribution in [0.5, 0.6) is 5.75 Å². The first-order valence-corrected chi connectivity index (χ1v) is 7.61. The molecule has 3 rings (SSSR count). The molecule has 1 aliphatic carbocycles. The Balaban J connectivity index is 1.65. The fourth-order valence-corrected chi connectivity index (χ4v) is 3.27. The monoisotopic (exact) mass is 303 g/mol. The molecule has 3 atom stereocenters. The van der Waals surface area contributed by atoms with Crippen LogP contribution in [0, 0.1) is 11.3 Å². The number of methoxy groups -OCH3 is 1. The molecule has 2 fully saturated rings. The zero-order valence-corrected chi connectivity index (χ0v) is 12.9. The summed E-state index contributed by atoms with van der Waals surface area (Å²) in [5.41, 5.74) is 0.327. The predicted molar refractivity (Wildman–Crippen MR) is 80.8 cm³/mol. The number of hydrogen-bond acceptors (Lipinski definition) is 3. The van der Waals surface area contributed by atoms with Gasteiger partial charge in [-0.15, -0.1) is 0 Å². The van der Waals surface area contributed by atoms with E-state index in [-0.39, 0.29) is 17.7 Å². The summed E-state index contributed by atoms with van der Waals surface area (Å²) in [7, 11) is 1.63. The van der Waals surface area contributed by atoms with E-state index in [0.29, 0.717) is 19.5 Å². The maximum Gasteiger partial charge on any atom is 0.311 e. The summed E-state index contributed by atoms with van der Waals surface area (Å²) < 4.78 is 5.22. The summed E-state index contributed by atoms with van der Waals surface area (Å²) in [6, 6.07) is 7.82. The van der Waals surface area contributed by atoms with Crippen molar-refractivity contribution in [1.82, 2.24) is 4.90 Å². The van der Waals surface area contributed by atoms with Gasteiger partial charge in [0.15, 0.2) is 0 Å². The first kappa shape index (κ1) is 14.9. The fourth-order valence-electron chi connectivity index (χ4n) is 3.27. The lowest BCUT2D eigenvalue weighted by molar-refractivity contribution is -0.147. The van der Waals surface area contributed by atoms with Gasteiger partial charge in [-0.3, -0.25) is 9.59 Å². The Kier molecular flexibility index (Phi) is 3.59. The van der Waals surface area contributed by atoms with Crippen LogP contribution in [0.1, 0.15) is 31.2 Å². The van der Waals surface area contributed by atoms with E-state index in [4.69, 9.17) is 4.74 Å². The molecule has 5 heteroatoms. The van der Waals surface area contributed by atoms with Gasteiger partial charge in [-0.1, -0.05) is 12.1 Å². The fraction of sp³-hybridized carbons (Fsp3) is 0.529. The number of likely N-dealkylation sites (tertiary alicyclic amines) is 1. The molecule has 1 aromatic rings. The van der Waals surface area contributed by atoms with Crippen LogP contribution >= 0.6 is 0 Å². The largest absolute Gasteiger partial charge is 0.497 e. The molecular formula is C17H21NO4. The molecule has 2 aliphatic rings. The minimum atomic E-state index is -0.817. The third-order valence-electron chi connectivity index (χ3n) is 4.93. The minimum Gasteiger partial charge on any atom is -0.497 e. The maximum atomic E-state index is 12.6. The number of carbonyl (C=O) groups is 2. The van der Waals surface area contributed by atoms with Crippen LogP contribution in [-0.2, 0) is 9.59 Å². The van der Waals surface area contributed by atoms with E-state index in [0.717, 1.165) is 17.7 Å². The number of rotatable bonds is 4. The average molecular weight is 303 g/mol. The highest BCUT2D eigenvalue weighted by atomic mass is 16.5. The van der Waals surface area contributed by atoms with Crippen LogP contribution < -0.4 is 4.74 Å². The molecule has 118 valence electrons. The summed E-state index contributed by atoms with van der Waals surface area (Å²) in [6.07, 6.45) is 1.37. The van der Waals surface area contributed by atoms with Crippen molar-refractivity contribution in [2.24, 2.45) is 11.3 Å². The molecule has 1 N–H and O–H groups in total. The summed E-state index contributed by atoms with van der Waals surface area (Å²) in [5.74, 6) is 0.304. The van der Waals surface area contributed by atoms with E-state index in [9.17, 15) is 14.7 Å². The van der Waals surface area contributed by atoms with E-state index in [1.807, 2.05) is 24.3 Å². The molecule has 1 aliphatic heterocycles. The smallest absolute Gasteiger partial charge is 0.311 e. The van der Waals surface area contributed by atoms with Gasteiger partial charge in [-0.2, -0.15) is 0 Å². The topological polar surface area (TPSA) is 66.8 Å². The number of carboxylic acids is 1. The first-order chi connectivity index (χ1) is 10.4. The lowest BCUT2D eigenvalue weighted by Gasteiger charge is -2.20. The number of benzene rings is 1. The van der Waals surface area contributed by atoms with Crippen LogP contribution in [-0.4, -0.2) is 42.1 Å². The van der Waals surface area contributed by atoms with Gasteiger partial charge in [-0.25, -0.2) is 0 Å². The van der Waals surface area contributed by atoms with Crippen molar-refractivity contribution in [2.75, 3.05) is 20.2 Å². The molecule has 0 spiro atoms. The Morgan fingerprint density at radius 2 is 2.18 bits per heavy atom. The number of carboxylic acid groups (broad SMARTS) is 1. The first-order valence-electron chi connectivity index (χ1n) is 7.61. The van der Waals surface area contributed by atoms with E-state index in [1.165, 1.54) is 0 Å². The van der Waals surface area contributed by atoms with Crippen molar-refractivity contribution < 1.29 is 19.4 Å². The second-order valence-electron chi connectivity index (χ2n) is 6.60. The molecule has 1 amide bonds. The third-order valence-corrected chi connectivity index (χ3v) is 4.93. The molecule has 0 bridgehead atoms. The number of amides is 1. The van der Waals surface area contributed by atoms with E-state index < -0.39 is 11.4 Å². The summed E-state index contributed by atoms with van der Waals surface area (Å²) in [4.78, 5) is 25.6. The molecule has 5 nitrogen and oxygen atoms in total.